The molecule has 3 aromatic rings. The Balaban J connectivity index is 1.99. The van der Waals surface area contributed by atoms with Crippen LogP contribution in [-0.4, -0.2) is 11.0 Å². The SMILES string of the molecule is CC(N)C(Oc1cccc2ccccc12)c1ccccn1. The first-order valence-electron chi connectivity index (χ1n) is 7.06. The molecule has 2 N–H and O–H groups in total. The highest BCUT2D eigenvalue weighted by molar-refractivity contribution is 5.88. The maximum atomic E-state index is 6.19. The number of benzene rings is 2. The molecule has 0 saturated carbocycles. The Morgan fingerprint density at radius 2 is 1.71 bits per heavy atom. The number of rotatable bonds is 4. The van der Waals surface area contributed by atoms with Gasteiger partial charge in [0.25, 0.3) is 0 Å². The lowest BCUT2D eigenvalue weighted by atomic mass is 10.1. The summed E-state index contributed by atoms with van der Waals surface area (Å²) in [6.07, 6.45) is 1.49. The Bertz CT molecular complexity index is 720. The van der Waals surface area contributed by atoms with Gasteiger partial charge in [-0.3, -0.25) is 4.98 Å². The minimum absolute atomic E-state index is 0.154. The zero-order valence-corrected chi connectivity index (χ0v) is 11.9. The lowest BCUT2D eigenvalue weighted by Crippen LogP contribution is -2.29. The van der Waals surface area contributed by atoms with E-state index in [4.69, 9.17) is 10.5 Å². The van der Waals surface area contributed by atoms with Crippen LogP contribution >= 0.6 is 0 Å². The fourth-order valence-electron chi connectivity index (χ4n) is 2.42. The molecule has 0 spiro atoms. The van der Waals surface area contributed by atoms with E-state index >= 15 is 0 Å². The van der Waals surface area contributed by atoms with Gasteiger partial charge < -0.3 is 10.5 Å². The van der Waals surface area contributed by atoms with E-state index in [-0.39, 0.29) is 12.1 Å². The summed E-state index contributed by atoms with van der Waals surface area (Å²) in [6.45, 7) is 1.93. The third-order valence-electron chi connectivity index (χ3n) is 3.46. The van der Waals surface area contributed by atoms with E-state index in [9.17, 15) is 0 Å². The van der Waals surface area contributed by atoms with Gasteiger partial charge >= 0.3 is 0 Å². The van der Waals surface area contributed by atoms with Gasteiger partial charge in [0, 0.05) is 17.6 Å². The number of ether oxygens (including phenoxy) is 1. The predicted octanol–water partition coefficient (Wildman–Crippen LogP) is 3.70. The van der Waals surface area contributed by atoms with Crippen molar-refractivity contribution in [2.24, 2.45) is 5.73 Å². The summed E-state index contributed by atoms with van der Waals surface area (Å²) in [7, 11) is 0. The molecule has 106 valence electrons. The Kier molecular flexibility index (Phi) is 3.84. The molecule has 0 radical (unpaired) electrons. The van der Waals surface area contributed by atoms with Gasteiger partial charge in [-0.2, -0.15) is 0 Å². The topological polar surface area (TPSA) is 48.1 Å². The van der Waals surface area contributed by atoms with Gasteiger partial charge in [0.05, 0.1) is 5.69 Å². The largest absolute Gasteiger partial charge is 0.482 e. The zero-order chi connectivity index (χ0) is 14.7. The van der Waals surface area contributed by atoms with Crippen LogP contribution in [0.2, 0.25) is 0 Å². The molecule has 0 aliphatic heterocycles. The predicted molar refractivity (Wildman–Crippen MR) is 85.2 cm³/mol. The summed E-state index contributed by atoms with van der Waals surface area (Å²) in [5.41, 5.74) is 6.94. The van der Waals surface area contributed by atoms with Crippen LogP contribution in [0.15, 0.2) is 66.9 Å². The van der Waals surface area contributed by atoms with Crippen molar-refractivity contribution in [3.63, 3.8) is 0 Å². The lowest BCUT2D eigenvalue weighted by Gasteiger charge is -2.22. The number of pyridine rings is 1. The van der Waals surface area contributed by atoms with Gasteiger partial charge in [-0.25, -0.2) is 0 Å². The average Bonchev–Trinajstić information content (AvgIpc) is 2.53. The monoisotopic (exact) mass is 278 g/mol. The Hall–Kier alpha value is -2.39. The highest BCUT2D eigenvalue weighted by Crippen LogP contribution is 2.30. The second kappa shape index (κ2) is 5.94. The van der Waals surface area contributed by atoms with E-state index in [0.717, 1.165) is 22.2 Å². The van der Waals surface area contributed by atoms with Crippen molar-refractivity contribution >= 4 is 10.8 Å². The number of aromatic nitrogens is 1. The minimum atomic E-state index is -0.267. The molecule has 0 fully saturated rings. The van der Waals surface area contributed by atoms with Gasteiger partial charge in [-0.05, 0) is 30.5 Å². The summed E-state index contributed by atoms with van der Waals surface area (Å²) in [5.74, 6) is 0.834. The smallest absolute Gasteiger partial charge is 0.155 e. The molecule has 2 atom stereocenters. The Morgan fingerprint density at radius 3 is 2.48 bits per heavy atom. The first-order chi connectivity index (χ1) is 10.3. The summed E-state index contributed by atoms with van der Waals surface area (Å²) in [4.78, 5) is 4.37. The van der Waals surface area contributed by atoms with Crippen molar-refractivity contribution < 1.29 is 4.74 Å². The Labute approximate surface area is 124 Å². The molecule has 0 amide bonds. The highest BCUT2D eigenvalue weighted by Gasteiger charge is 2.20. The number of hydrogen-bond acceptors (Lipinski definition) is 3. The van der Waals surface area contributed by atoms with Crippen molar-refractivity contribution in [2.75, 3.05) is 0 Å². The van der Waals surface area contributed by atoms with Crippen LogP contribution in [0, 0.1) is 0 Å². The highest BCUT2D eigenvalue weighted by atomic mass is 16.5. The third-order valence-corrected chi connectivity index (χ3v) is 3.46. The quantitative estimate of drug-likeness (QED) is 0.791. The van der Waals surface area contributed by atoms with E-state index in [1.54, 1.807) is 6.20 Å². The van der Waals surface area contributed by atoms with E-state index in [0.29, 0.717) is 0 Å². The number of nitrogens with zero attached hydrogens (tertiary/aromatic N) is 1. The molecule has 21 heavy (non-hydrogen) atoms. The van der Waals surface area contributed by atoms with Gasteiger partial charge in [0.15, 0.2) is 6.10 Å². The molecule has 0 saturated heterocycles. The van der Waals surface area contributed by atoms with Crippen molar-refractivity contribution in [1.82, 2.24) is 4.98 Å². The summed E-state index contributed by atoms with van der Waals surface area (Å²) >= 11 is 0. The van der Waals surface area contributed by atoms with Gasteiger partial charge in [0.1, 0.15) is 5.75 Å². The van der Waals surface area contributed by atoms with Crippen molar-refractivity contribution in [1.29, 1.82) is 0 Å². The van der Waals surface area contributed by atoms with Crippen molar-refractivity contribution in [2.45, 2.75) is 19.1 Å². The lowest BCUT2D eigenvalue weighted by molar-refractivity contribution is 0.178. The second-order valence-electron chi connectivity index (χ2n) is 5.13. The molecular weight excluding hydrogens is 260 g/mol. The molecule has 3 nitrogen and oxygen atoms in total. The molecule has 2 aromatic carbocycles. The number of hydrogen-bond donors (Lipinski definition) is 1. The Morgan fingerprint density at radius 1 is 0.952 bits per heavy atom. The summed E-state index contributed by atoms with van der Waals surface area (Å²) in [6, 6.07) is 19.8. The van der Waals surface area contributed by atoms with Crippen LogP contribution in [0.4, 0.5) is 0 Å². The molecule has 0 aliphatic carbocycles. The summed E-state index contributed by atoms with van der Waals surface area (Å²) < 4.78 is 6.19. The van der Waals surface area contributed by atoms with E-state index in [1.807, 2.05) is 49.4 Å². The first-order valence-corrected chi connectivity index (χ1v) is 7.06. The molecular formula is C18H18N2O. The van der Waals surface area contributed by atoms with Gasteiger partial charge in [0.2, 0.25) is 0 Å². The van der Waals surface area contributed by atoms with Crippen LogP contribution in [0.5, 0.6) is 5.75 Å². The van der Waals surface area contributed by atoms with E-state index < -0.39 is 0 Å². The standard InChI is InChI=1S/C18H18N2O/c1-13(19)18(16-10-4-5-12-20-16)21-17-11-6-8-14-7-2-3-9-15(14)17/h2-13,18H,19H2,1H3. The summed E-state index contributed by atoms with van der Waals surface area (Å²) in [5, 5.41) is 2.24. The fourth-order valence-corrected chi connectivity index (χ4v) is 2.42. The minimum Gasteiger partial charge on any atom is -0.482 e. The van der Waals surface area contributed by atoms with Crippen LogP contribution in [-0.2, 0) is 0 Å². The molecule has 3 heteroatoms. The van der Waals surface area contributed by atoms with Gasteiger partial charge in [-0.15, -0.1) is 0 Å². The number of fused-ring (bicyclic) bond motifs is 1. The van der Waals surface area contributed by atoms with Crippen LogP contribution in [0.1, 0.15) is 18.7 Å². The van der Waals surface area contributed by atoms with Crippen LogP contribution in [0.3, 0.4) is 0 Å². The van der Waals surface area contributed by atoms with E-state index in [2.05, 4.69) is 23.2 Å². The maximum Gasteiger partial charge on any atom is 0.155 e. The van der Waals surface area contributed by atoms with Crippen LogP contribution in [0.25, 0.3) is 10.8 Å². The van der Waals surface area contributed by atoms with Crippen molar-refractivity contribution in [3.8, 4) is 5.75 Å². The third kappa shape index (κ3) is 2.88. The van der Waals surface area contributed by atoms with Crippen LogP contribution < -0.4 is 10.5 Å². The van der Waals surface area contributed by atoms with Gasteiger partial charge in [-0.1, -0.05) is 42.5 Å². The molecule has 0 aliphatic rings. The first kappa shape index (κ1) is 13.6. The normalized spacial score (nSPS) is 13.8. The van der Waals surface area contributed by atoms with E-state index in [1.165, 1.54) is 0 Å². The zero-order valence-electron chi connectivity index (χ0n) is 11.9. The molecule has 2 unspecified atom stereocenters. The second-order valence-corrected chi connectivity index (χ2v) is 5.13. The van der Waals surface area contributed by atoms with Crippen molar-refractivity contribution in [3.05, 3.63) is 72.6 Å². The maximum absolute atomic E-state index is 6.19. The molecule has 3 rings (SSSR count). The number of nitrogens with two attached hydrogens (primary N) is 1. The molecule has 1 heterocycles. The average molecular weight is 278 g/mol. The molecule has 1 aromatic heterocycles. The fraction of sp³-hybridized carbons (Fsp3) is 0.167. The molecule has 0 bridgehead atoms.